The van der Waals surface area contributed by atoms with Gasteiger partial charge in [-0.25, -0.2) is 9.78 Å². The summed E-state index contributed by atoms with van der Waals surface area (Å²) >= 11 is 6.66. The highest BCUT2D eigenvalue weighted by Crippen LogP contribution is 2.22. The predicted octanol–water partition coefficient (Wildman–Crippen LogP) is 1.82. The van der Waals surface area contributed by atoms with E-state index in [9.17, 15) is 0 Å². The van der Waals surface area contributed by atoms with E-state index >= 15 is 0 Å². The van der Waals surface area contributed by atoms with Crippen molar-refractivity contribution in [2.75, 3.05) is 6.61 Å². The van der Waals surface area contributed by atoms with Gasteiger partial charge in [0.25, 0.3) is 0 Å². The summed E-state index contributed by atoms with van der Waals surface area (Å²) in [4.78, 5) is 9.82. The van der Waals surface area contributed by atoms with E-state index in [-0.39, 0.29) is 5.01 Å². The molecule has 0 bridgehead atoms. The number of hydrogen-bond acceptors (Lipinski definition) is 2. The Morgan fingerprint density at radius 1 is 1.38 bits per heavy atom. The SMILES string of the molecule is BrC1CCOOC1Br. The third-order valence-corrected chi connectivity index (χ3v) is 3.36. The zero-order chi connectivity index (χ0) is 5.98. The zero-order valence-electron chi connectivity index (χ0n) is 4.14. The number of rotatable bonds is 0. The molecule has 8 heavy (non-hydrogen) atoms. The maximum absolute atomic E-state index is 4.76. The zero-order valence-corrected chi connectivity index (χ0v) is 7.31. The first-order valence-corrected chi connectivity index (χ1v) is 4.20. The largest absolute Gasteiger partial charge is 0.236 e. The van der Waals surface area contributed by atoms with Crippen LogP contribution >= 0.6 is 31.9 Å². The van der Waals surface area contributed by atoms with E-state index in [1.54, 1.807) is 0 Å². The summed E-state index contributed by atoms with van der Waals surface area (Å²) in [6.07, 6.45) is 0.996. The molecule has 48 valence electrons. The second-order valence-electron chi connectivity index (χ2n) is 1.57. The van der Waals surface area contributed by atoms with E-state index in [1.807, 2.05) is 0 Å². The molecule has 0 amide bonds. The van der Waals surface area contributed by atoms with Gasteiger partial charge in [0.1, 0.15) is 0 Å². The molecule has 4 heteroatoms. The summed E-state index contributed by atoms with van der Waals surface area (Å²) < 4.78 is 0. The molecule has 0 radical (unpaired) electrons. The van der Waals surface area contributed by atoms with Gasteiger partial charge in [-0.15, -0.1) is 0 Å². The van der Waals surface area contributed by atoms with Crippen molar-refractivity contribution < 1.29 is 9.78 Å². The first kappa shape index (κ1) is 6.99. The second-order valence-corrected chi connectivity index (χ2v) is 3.65. The quantitative estimate of drug-likeness (QED) is 0.479. The molecule has 0 saturated carbocycles. The van der Waals surface area contributed by atoms with Crippen LogP contribution in [0.25, 0.3) is 0 Å². The monoisotopic (exact) mass is 244 g/mol. The van der Waals surface area contributed by atoms with Gasteiger partial charge in [-0.2, -0.15) is 0 Å². The molecule has 1 aliphatic rings. The van der Waals surface area contributed by atoms with Crippen LogP contribution in [-0.4, -0.2) is 16.4 Å². The van der Waals surface area contributed by atoms with Gasteiger partial charge >= 0.3 is 0 Å². The Morgan fingerprint density at radius 3 is 2.50 bits per heavy atom. The van der Waals surface area contributed by atoms with Crippen molar-refractivity contribution in [2.24, 2.45) is 0 Å². The molecule has 0 spiro atoms. The minimum atomic E-state index is 0.0104. The summed E-state index contributed by atoms with van der Waals surface area (Å²) in [5.74, 6) is 0. The first-order chi connectivity index (χ1) is 3.80. The van der Waals surface area contributed by atoms with Gasteiger partial charge in [0.15, 0.2) is 5.01 Å². The highest BCUT2D eigenvalue weighted by molar-refractivity contribution is 9.12. The van der Waals surface area contributed by atoms with Gasteiger partial charge in [-0.1, -0.05) is 31.9 Å². The summed E-state index contributed by atoms with van der Waals surface area (Å²) in [6.45, 7) is 0.679. The number of hydrogen-bond donors (Lipinski definition) is 0. The molecule has 1 aliphatic heterocycles. The van der Waals surface area contributed by atoms with Crippen LogP contribution in [0.3, 0.4) is 0 Å². The maximum atomic E-state index is 4.76. The first-order valence-electron chi connectivity index (χ1n) is 2.37. The Hall–Kier alpha value is 0.880. The molecule has 1 fully saturated rings. The summed E-state index contributed by atoms with van der Waals surface area (Å²) in [5.41, 5.74) is 0. The lowest BCUT2D eigenvalue weighted by Crippen LogP contribution is -2.25. The molecule has 0 N–H and O–H groups in total. The lowest BCUT2D eigenvalue weighted by molar-refractivity contribution is -0.318. The van der Waals surface area contributed by atoms with E-state index in [0.29, 0.717) is 11.4 Å². The third kappa shape index (κ3) is 1.69. The normalized spacial score (nSPS) is 39.8. The molecule has 0 aromatic carbocycles. The van der Waals surface area contributed by atoms with E-state index in [2.05, 4.69) is 36.7 Å². The fourth-order valence-corrected chi connectivity index (χ4v) is 1.11. The van der Waals surface area contributed by atoms with Gasteiger partial charge in [-0.05, 0) is 6.42 Å². The van der Waals surface area contributed by atoms with E-state index in [1.165, 1.54) is 0 Å². The Labute approximate surface area is 64.7 Å². The Kier molecular flexibility index (Phi) is 2.75. The molecular weight excluding hydrogens is 240 g/mol. The molecule has 2 atom stereocenters. The average molecular weight is 246 g/mol. The van der Waals surface area contributed by atoms with Crippen molar-refractivity contribution in [3.63, 3.8) is 0 Å². The van der Waals surface area contributed by atoms with Crippen LogP contribution in [0.1, 0.15) is 6.42 Å². The van der Waals surface area contributed by atoms with E-state index in [0.717, 1.165) is 6.42 Å². The van der Waals surface area contributed by atoms with Gasteiger partial charge in [0.05, 0.1) is 11.4 Å². The molecule has 1 rings (SSSR count). The average Bonchev–Trinajstić information content (AvgIpc) is 1.77. The predicted molar refractivity (Wildman–Crippen MR) is 37.1 cm³/mol. The van der Waals surface area contributed by atoms with Crippen molar-refractivity contribution in [1.82, 2.24) is 0 Å². The maximum Gasteiger partial charge on any atom is 0.160 e. The Balaban J connectivity index is 2.28. The number of halogens is 2. The van der Waals surface area contributed by atoms with Crippen LogP contribution in [0.2, 0.25) is 0 Å². The van der Waals surface area contributed by atoms with Crippen LogP contribution in [0.4, 0.5) is 0 Å². The summed E-state index contributed by atoms with van der Waals surface area (Å²) in [6, 6.07) is 0. The topological polar surface area (TPSA) is 18.5 Å². The van der Waals surface area contributed by atoms with Crippen molar-refractivity contribution >= 4 is 31.9 Å². The molecule has 2 unspecified atom stereocenters. The molecule has 0 aromatic heterocycles. The Morgan fingerprint density at radius 2 is 2.12 bits per heavy atom. The van der Waals surface area contributed by atoms with Crippen LogP contribution in [0.5, 0.6) is 0 Å². The molecule has 0 aromatic rings. The highest BCUT2D eigenvalue weighted by atomic mass is 79.9. The second kappa shape index (κ2) is 3.15. The molecule has 2 nitrogen and oxygen atoms in total. The van der Waals surface area contributed by atoms with Crippen molar-refractivity contribution in [2.45, 2.75) is 16.3 Å². The van der Waals surface area contributed by atoms with E-state index < -0.39 is 0 Å². The van der Waals surface area contributed by atoms with Crippen molar-refractivity contribution in [3.05, 3.63) is 0 Å². The molecule has 1 saturated heterocycles. The van der Waals surface area contributed by atoms with Gasteiger partial charge in [-0.3, -0.25) is 0 Å². The van der Waals surface area contributed by atoms with Crippen LogP contribution in [-0.2, 0) is 9.78 Å². The number of alkyl halides is 2. The minimum absolute atomic E-state index is 0.0104. The molecule has 0 aliphatic carbocycles. The summed E-state index contributed by atoms with van der Waals surface area (Å²) in [7, 11) is 0. The third-order valence-electron chi connectivity index (χ3n) is 0.921. The van der Waals surface area contributed by atoms with Crippen LogP contribution in [0.15, 0.2) is 0 Å². The fraction of sp³-hybridized carbons (Fsp3) is 1.00. The summed E-state index contributed by atoms with van der Waals surface area (Å²) in [5, 5.41) is 0.0104. The van der Waals surface area contributed by atoms with Gasteiger partial charge in [0, 0.05) is 0 Å². The lowest BCUT2D eigenvalue weighted by atomic mass is 10.3. The molecular formula is C4H6Br2O2. The Bertz CT molecular complexity index is 68.4. The van der Waals surface area contributed by atoms with Gasteiger partial charge < -0.3 is 0 Å². The lowest BCUT2D eigenvalue weighted by Gasteiger charge is -2.20. The standard InChI is InChI=1S/C4H6Br2O2/c5-3-1-2-7-8-4(3)6/h3-4H,1-2H2. The van der Waals surface area contributed by atoms with Crippen molar-refractivity contribution in [1.29, 1.82) is 0 Å². The van der Waals surface area contributed by atoms with Gasteiger partial charge in [0.2, 0.25) is 0 Å². The molecule has 1 heterocycles. The smallest absolute Gasteiger partial charge is 0.160 e. The van der Waals surface area contributed by atoms with Crippen LogP contribution < -0.4 is 0 Å². The fourth-order valence-electron chi connectivity index (χ4n) is 0.465. The van der Waals surface area contributed by atoms with E-state index in [4.69, 9.17) is 4.89 Å². The highest BCUT2D eigenvalue weighted by Gasteiger charge is 2.21. The van der Waals surface area contributed by atoms with Crippen molar-refractivity contribution in [3.8, 4) is 0 Å². The van der Waals surface area contributed by atoms with Crippen LogP contribution in [0, 0.1) is 0 Å². The minimum Gasteiger partial charge on any atom is -0.236 e.